The first-order valence-corrected chi connectivity index (χ1v) is 9.55. The van der Waals surface area contributed by atoms with Crippen LogP contribution in [0.4, 0.5) is 5.95 Å². The average Bonchev–Trinajstić information content (AvgIpc) is 3.08. The number of para-hydroxylation sites is 2. The molecule has 154 valence electrons. The molecule has 0 saturated heterocycles. The number of imidazole rings is 1. The van der Waals surface area contributed by atoms with Crippen molar-refractivity contribution >= 4 is 17.0 Å². The van der Waals surface area contributed by atoms with Gasteiger partial charge in [-0.1, -0.05) is 24.3 Å². The van der Waals surface area contributed by atoms with Gasteiger partial charge >= 0.3 is 0 Å². The maximum atomic E-state index is 10.6. The molecule has 0 spiro atoms. The molecule has 0 aliphatic rings. The molecule has 7 heteroatoms. The second-order valence-electron chi connectivity index (χ2n) is 6.63. The predicted octanol–water partition coefficient (Wildman–Crippen LogP) is 2.62. The van der Waals surface area contributed by atoms with Crippen LogP contribution in [0.25, 0.3) is 11.0 Å². The Morgan fingerprint density at radius 1 is 1.24 bits per heavy atom. The molecule has 0 radical (unpaired) electrons. The highest BCUT2D eigenvalue weighted by molar-refractivity contribution is 5.78. The number of benzene rings is 2. The minimum Gasteiger partial charge on any atom is -0.493 e. The number of aromatic nitrogens is 2. The van der Waals surface area contributed by atoms with Crippen LogP contribution in [-0.2, 0) is 13.0 Å². The van der Waals surface area contributed by atoms with Gasteiger partial charge in [-0.2, -0.15) is 0 Å². The Hall–Kier alpha value is -3.03. The van der Waals surface area contributed by atoms with Gasteiger partial charge in [-0.25, -0.2) is 4.98 Å². The third-order valence-electron chi connectivity index (χ3n) is 4.48. The van der Waals surface area contributed by atoms with Gasteiger partial charge in [-0.15, -0.1) is 6.58 Å². The highest BCUT2D eigenvalue weighted by Crippen LogP contribution is 2.28. The average molecular weight is 397 g/mol. The lowest BCUT2D eigenvalue weighted by atomic mass is 10.1. The zero-order valence-electron chi connectivity index (χ0n) is 16.5. The minimum atomic E-state index is -0.764. The lowest BCUT2D eigenvalue weighted by molar-refractivity contribution is 0.0923. The van der Waals surface area contributed by atoms with Gasteiger partial charge in [-0.3, -0.25) is 0 Å². The van der Waals surface area contributed by atoms with Crippen LogP contribution >= 0.6 is 0 Å². The fourth-order valence-electron chi connectivity index (χ4n) is 3.14. The van der Waals surface area contributed by atoms with Crippen molar-refractivity contribution in [3.05, 3.63) is 60.7 Å². The molecule has 0 fully saturated rings. The number of fused-ring (bicyclic) bond motifs is 1. The molecule has 1 unspecified atom stereocenters. The summed E-state index contributed by atoms with van der Waals surface area (Å²) in [5.41, 5.74) is 2.80. The lowest BCUT2D eigenvalue weighted by Gasteiger charge is -2.17. The highest BCUT2D eigenvalue weighted by atomic mass is 16.5. The third-order valence-corrected chi connectivity index (χ3v) is 4.48. The molecule has 29 heavy (non-hydrogen) atoms. The number of aliphatic hydroxyl groups excluding tert-OH is 2. The van der Waals surface area contributed by atoms with Crippen molar-refractivity contribution in [3.63, 3.8) is 0 Å². The molecule has 0 bridgehead atoms. The lowest BCUT2D eigenvalue weighted by Crippen LogP contribution is -2.25. The summed E-state index contributed by atoms with van der Waals surface area (Å²) in [4.78, 5) is 4.54. The molecule has 0 aliphatic carbocycles. The minimum absolute atomic E-state index is 0.00346. The van der Waals surface area contributed by atoms with Crippen molar-refractivity contribution in [1.29, 1.82) is 0 Å². The van der Waals surface area contributed by atoms with E-state index in [-0.39, 0.29) is 13.2 Å². The highest BCUT2D eigenvalue weighted by Gasteiger charge is 2.15. The van der Waals surface area contributed by atoms with Crippen molar-refractivity contribution in [2.75, 3.05) is 32.2 Å². The Labute approximate surface area is 170 Å². The van der Waals surface area contributed by atoms with Gasteiger partial charge in [0.05, 0.1) is 31.3 Å². The van der Waals surface area contributed by atoms with Crippen LogP contribution in [0.3, 0.4) is 0 Å². The summed E-state index contributed by atoms with van der Waals surface area (Å²) in [6.45, 7) is 4.52. The van der Waals surface area contributed by atoms with Gasteiger partial charge in [-0.05, 0) is 36.2 Å². The second-order valence-corrected chi connectivity index (χ2v) is 6.63. The third kappa shape index (κ3) is 5.07. The van der Waals surface area contributed by atoms with E-state index in [1.807, 2.05) is 53.1 Å². The molecular formula is C22H27N3O4. The quantitative estimate of drug-likeness (QED) is 0.431. The van der Waals surface area contributed by atoms with Crippen molar-refractivity contribution in [3.8, 4) is 11.5 Å². The fourth-order valence-corrected chi connectivity index (χ4v) is 3.14. The van der Waals surface area contributed by atoms with Crippen LogP contribution in [0.15, 0.2) is 55.1 Å². The number of hydrogen-bond donors (Lipinski definition) is 3. The van der Waals surface area contributed by atoms with Crippen LogP contribution in [0.2, 0.25) is 0 Å². The molecule has 1 heterocycles. The summed E-state index contributed by atoms with van der Waals surface area (Å²) in [5, 5.41) is 22.8. The van der Waals surface area contributed by atoms with E-state index in [0.717, 1.165) is 23.0 Å². The zero-order chi connectivity index (χ0) is 20.6. The number of rotatable bonds is 11. The van der Waals surface area contributed by atoms with Crippen LogP contribution in [0.5, 0.6) is 11.5 Å². The molecule has 1 atom stereocenters. The van der Waals surface area contributed by atoms with E-state index in [0.29, 0.717) is 30.5 Å². The molecular weight excluding hydrogens is 370 g/mol. The molecule has 3 N–H and O–H groups in total. The molecule has 3 rings (SSSR count). The van der Waals surface area contributed by atoms with Gasteiger partial charge < -0.3 is 29.6 Å². The summed E-state index contributed by atoms with van der Waals surface area (Å²) < 4.78 is 13.1. The molecule has 1 aromatic heterocycles. The molecule has 7 nitrogen and oxygen atoms in total. The van der Waals surface area contributed by atoms with Crippen LogP contribution in [-0.4, -0.2) is 52.7 Å². The fraction of sp³-hybridized carbons (Fsp3) is 0.318. The number of hydrogen-bond acceptors (Lipinski definition) is 6. The summed E-state index contributed by atoms with van der Waals surface area (Å²) in [6, 6.07) is 13.4. The van der Waals surface area contributed by atoms with Crippen LogP contribution in [0, 0.1) is 0 Å². The van der Waals surface area contributed by atoms with Gasteiger partial charge in [0.15, 0.2) is 11.5 Å². The first-order chi connectivity index (χ1) is 14.2. The van der Waals surface area contributed by atoms with Gasteiger partial charge in [0.1, 0.15) is 12.7 Å². The topological polar surface area (TPSA) is 88.8 Å². The Kier molecular flexibility index (Phi) is 7.10. The molecule has 3 aromatic rings. The standard InChI is InChI=1S/C22H27N3O4/c1-3-6-16-9-10-20(21(13-16)28-2)29-15-17(27)14-25-19-8-5-4-7-18(19)24-22(25)23-11-12-26/h3-5,7-10,13,17,26-27H,1,6,11-12,14-15H2,2H3,(H,23,24). The largest absolute Gasteiger partial charge is 0.493 e. The number of anilines is 1. The van der Waals surface area contributed by atoms with Gasteiger partial charge in [0.25, 0.3) is 0 Å². The van der Waals surface area contributed by atoms with E-state index in [1.54, 1.807) is 7.11 Å². The number of ether oxygens (including phenoxy) is 2. The Morgan fingerprint density at radius 3 is 2.83 bits per heavy atom. The zero-order valence-corrected chi connectivity index (χ0v) is 16.5. The SMILES string of the molecule is C=CCc1ccc(OCC(O)Cn2c(NCCO)nc3ccccc32)c(OC)c1. The van der Waals surface area contributed by atoms with E-state index < -0.39 is 6.10 Å². The number of nitrogens with zero attached hydrogens (tertiary/aromatic N) is 2. The summed E-state index contributed by atoms with van der Waals surface area (Å²) in [7, 11) is 1.59. The normalized spacial score (nSPS) is 12.0. The van der Waals surface area contributed by atoms with E-state index in [2.05, 4.69) is 16.9 Å². The van der Waals surface area contributed by atoms with Crippen molar-refractivity contribution in [2.45, 2.75) is 19.1 Å². The predicted molar refractivity (Wildman–Crippen MR) is 114 cm³/mol. The first-order valence-electron chi connectivity index (χ1n) is 9.55. The second kappa shape index (κ2) is 9.95. The number of aliphatic hydroxyl groups is 2. The van der Waals surface area contributed by atoms with Crippen molar-refractivity contribution < 1.29 is 19.7 Å². The molecule has 0 saturated carbocycles. The summed E-state index contributed by atoms with van der Waals surface area (Å²) in [5.74, 6) is 1.80. The van der Waals surface area contributed by atoms with Crippen LogP contribution < -0.4 is 14.8 Å². The van der Waals surface area contributed by atoms with E-state index in [4.69, 9.17) is 14.6 Å². The van der Waals surface area contributed by atoms with Crippen LogP contribution in [0.1, 0.15) is 5.56 Å². The van der Waals surface area contributed by atoms with Crippen molar-refractivity contribution in [2.24, 2.45) is 0 Å². The van der Waals surface area contributed by atoms with Crippen molar-refractivity contribution in [1.82, 2.24) is 9.55 Å². The summed E-state index contributed by atoms with van der Waals surface area (Å²) >= 11 is 0. The molecule has 2 aromatic carbocycles. The Bertz CT molecular complexity index is 954. The monoisotopic (exact) mass is 397 g/mol. The molecule has 0 aliphatic heterocycles. The maximum Gasteiger partial charge on any atom is 0.204 e. The van der Waals surface area contributed by atoms with E-state index in [9.17, 15) is 5.11 Å². The van der Waals surface area contributed by atoms with E-state index >= 15 is 0 Å². The maximum absolute atomic E-state index is 10.6. The number of methoxy groups -OCH3 is 1. The van der Waals surface area contributed by atoms with Gasteiger partial charge in [0, 0.05) is 6.54 Å². The summed E-state index contributed by atoms with van der Waals surface area (Å²) in [6.07, 6.45) is 1.81. The first kappa shape index (κ1) is 20.7. The Morgan fingerprint density at radius 2 is 2.07 bits per heavy atom. The molecule has 0 amide bonds. The smallest absolute Gasteiger partial charge is 0.204 e. The number of allylic oxidation sites excluding steroid dienone is 1. The Balaban J connectivity index is 1.71. The van der Waals surface area contributed by atoms with E-state index in [1.165, 1.54) is 0 Å². The number of nitrogens with one attached hydrogen (secondary N) is 1. The van der Waals surface area contributed by atoms with Gasteiger partial charge in [0.2, 0.25) is 5.95 Å².